The Hall–Kier alpha value is -0.540. The van der Waals surface area contributed by atoms with Crippen LogP contribution in [0, 0.1) is 5.41 Å². The number of nitrogens with zero attached hydrogens (tertiary/aromatic N) is 2. The highest BCUT2D eigenvalue weighted by Gasteiger charge is 2.16. The minimum absolute atomic E-state index is 0.0323. The average molecular weight is 234 g/mol. The first-order valence-corrected chi connectivity index (χ1v) is 5.22. The van der Waals surface area contributed by atoms with Gasteiger partial charge in [0.2, 0.25) is 5.95 Å². The third-order valence-electron chi connectivity index (χ3n) is 1.71. The van der Waals surface area contributed by atoms with Crippen LogP contribution in [0.4, 0.5) is 5.95 Å². The number of aromatic nitrogens is 2. The van der Waals surface area contributed by atoms with Gasteiger partial charge in [0.1, 0.15) is 0 Å². The van der Waals surface area contributed by atoms with E-state index in [0.717, 1.165) is 6.54 Å². The molecule has 1 N–H and O–H groups in total. The van der Waals surface area contributed by atoms with Crippen molar-refractivity contribution in [1.29, 1.82) is 0 Å². The zero-order valence-corrected chi connectivity index (χ0v) is 9.73. The first-order valence-electron chi connectivity index (χ1n) is 4.31. The molecule has 0 fully saturated rings. The van der Waals surface area contributed by atoms with Crippen molar-refractivity contribution in [2.24, 2.45) is 5.41 Å². The van der Waals surface area contributed by atoms with Crippen molar-refractivity contribution >= 4 is 29.2 Å². The van der Waals surface area contributed by atoms with Crippen molar-refractivity contribution in [3.63, 3.8) is 0 Å². The Balaban J connectivity index is 2.50. The fraction of sp³-hybridized carbons (Fsp3) is 0.556. The quantitative estimate of drug-likeness (QED) is 0.814. The summed E-state index contributed by atoms with van der Waals surface area (Å²) in [6, 6.07) is 0. The highest BCUT2D eigenvalue weighted by molar-refractivity contribution is 6.30. The van der Waals surface area contributed by atoms with E-state index in [1.54, 1.807) is 12.4 Å². The second-order valence-corrected chi connectivity index (χ2v) is 4.58. The van der Waals surface area contributed by atoms with Crippen molar-refractivity contribution < 1.29 is 0 Å². The van der Waals surface area contributed by atoms with Crippen LogP contribution in [0.25, 0.3) is 0 Å². The predicted octanol–water partition coefficient (Wildman–Crippen LogP) is 2.81. The normalized spacial score (nSPS) is 11.4. The molecule has 0 aliphatic rings. The molecule has 1 heterocycles. The minimum atomic E-state index is 0.0323. The van der Waals surface area contributed by atoms with Gasteiger partial charge < -0.3 is 5.32 Å². The van der Waals surface area contributed by atoms with Crippen LogP contribution in [0.1, 0.15) is 13.8 Å². The van der Waals surface area contributed by atoms with Crippen LogP contribution in [0.3, 0.4) is 0 Å². The maximum absolute atomic E-state index is 5.78. The lowest BCUT2D eigenvalue weighted by Crippen LogP contribution is -2.25. The smallest absolute Gasteiger partial charge is 0.222 e. The molecule has 1 aromatic rings. The van der Waals surface area contributed by atoms with Crippen LogP contribution < -0.4 is 5.32 Å². The molecule has 0 bridgehead atoms. The summed E-state index contributed by atoms with van der Waals surface area (Å²) in [7, 11) is 0. The summed E-state index contributed by atoms with van der Waals surface area (Å²) < 4.78 is 0. The molecule has 0 saturated carbocycles. The van der Waals surface area contributed by atoms with Crippen LogP contribution in [0.5, 0.6) is 0 Å². The van der Waals surface area contributed by atoms with Gasteiger partial charge in [0.05, 0.1) is 17.4 Å². The second-order valence-electron chi connectivity index (χ2n) is 3.88. The molecule has 5 heteroatoms. The molecule has 1 rings (SSSR count). The molecule has 0 radical (unpaired) electrons. The van der Waals surface area contributed by atoms with E-state index >= 15 is 0 Å². The molecule has 14 heavy (non-hydrogen) atoms. The SMILES string of the molecule is CC(C)(CCl)CNc1ncc(Cl)cn1. The fourth-order valence-corrected chi connectivity index (χ4v) is 0.961. The van der Waals surface area contributed by atoms with Crippen LogP contribution in [-0.4, -0.2) is 22.4 Å². The molecule has 0 amide bonds. The van der Waals surface area contributed by atoms with Gasteiger partial charge in [-0.3, -0.25) is 0 Å². The van der Waals surface area contributed by atoms with Crippen LogP contribution in [-0.2, 0) is 0 Å². The van der Waals surface area contributed by atoms with E-state index in [1.165, 1.54) is 0 Å². The summed E-state index contributed by atoms with van der Waals surface area (Å²) in [5.41, 5.74) is 0.0323. The largest absolute Gasteiger partial charge is 0.354 e. The molecule has 0 spiro atoms. The summed E-state index contributed by atoms with van der Waals surface area (Å²) in [5, 5.41) is 3.63. The molecule has 0 aliphatic heterocycles. The first-order chi connectivity index (χ1) is 6.53. The van der Waals surface area contributed by atoms with E-state index in [9.17, 15) is 0 Å². The van der Waals surface area contributed by atoms with E-state index < -0.39 is 0 Å². The molecule has 78 valence electrons. The van der Waals surface area contributed by atoms with E-state index in [2.05, 4.69) is 29.1 Å². The fourth-order valence-electron chi connectivity index (χ4n) is 0.769. The lowest BCUT2D eigenvalue weighted by molar-refractivity contribution is 0.449. The van der Waals surface area contributed by atoms with Crippen molar-refractivity contribution in [3.8, 4) is 0 Å². The maximum Gasteiger partial charge on any atom is 0.222 e. The summed E-state index contributed by atoms with van der Waals surface area (Å²) >= 11 is 11.4. The van der Waals surface area contributed by atoms with Gasteiger partial charge in [-0.25, -0.2) is 9.97 Å². The molecule has 1 aromatic heterocycles. The zero-order valence-electron chi connectivity index (χ0n) is 8.22. The van der Waals surface area contributed by atoms with Gasteiger partial charge in [0.25, 0.3) is 0 Å². The van der Waals surface area contributed by atoms with Crippen molar-refractivity contribution in [1.82, 2.24) is 9.97 Å². The number of nitrogens with one attached hydrogen (secondary N) is 1. The Kier molecular flexibility index (Phi) is 3.96. The summed E-state index contributed by atoms with van der Waals surface area (Å²) in [4.78, 5) is 8.04. The van der Waals surface area contributed by atoms with Gasteiger partial charge in [-0.05, 0) is 5.41 Å². The molecule has 0 saturated heterocycles. The lowest BCUT2D eigenvalue weighted by atomic mass is 9.97. The second kappa shape index (κ2) is 4.80. The van der Waals surface area contributed by atoms with Crippen molar-refractivity contribution in [2.45, 2.75) is 13.8 Å². The van der Waals surface area contributed by atoms with Gasteiger partial charge >= 0.3 is 0 Å². The molecule has 0 unspecified atom stereocenters. The summed E-state index contributed by atoms with van der Waals surface area (Å²) in [5.74, 6) is 1.17. The van der Waals surface area contributed by atoms with E-state index in [0.29, 0.717) is 16.9 Å². The minimum Gasteiger partial charge on any atom is -0.354 e. The Bertz CT molecular complexity index is 285. The van der Waals surface area contributed by atoms with Crippen LogP contribution in [0.2, 0.25) is 5.02 Å². The molecule has 0 aliphatic carbocycles. The molecular weight excluding hydrogens is 221 g/mol. The van der Waals surface area contributed by atoms with Gasteiger partial charge in [0, 0.05) is 12.4 Å². The Labute approximate surface area is 93.9 Å². The van der Waals surface area contributed by atoms with Crippen molar-refractivity contribution in [3.05, 3.63) is 17.4 Å². The zero-order chi connectivity index (χ0) is 10.6. The topological polar surface area (TPSA) is 37.8 Å². The van der Waals surface area contributed by atoms with E-state index in [-0.39, 0.29) is 5.41 Å². The third kappa shape index (κ3) is 3.68. The van der Waals surface area contributed by atoms with E-state index in [1.807, 2.05) is 0 Å². The van der Waals surface area contributed by atoms with Crippen LogP contribution in [0.15, 0.2) is 12.4 Å². The summed E-state index contributed by atoms with van der Waals surface area (Å²) in [6.45, 7) is 4.88. The number of anilines is 1. The van der Waals surface area contributed by atoms with Gasteiger partial charge in [0.15, 0.2) is 0 Å². The van der Waals surface area contributed by atoms with E-state index in [4.69, 9.17) is 23.2 Å². The Morgan fingerprint density at radius 2 is 1.93 bits per heavy atom. The number of alkyl halides is 1. The van der Waals surface area contributed by atoms with Gasteiger partial charge in [-0.1, -0.05) is 25.4 Å². The number of hydrogen-bond acceptors (Lipinski definition) is 3. The molecule has 3 nitrogen and oxygen atoms in total. The van der Waals surface area contributed by atoms with Crippen molar-refractivity contribution in [2.75, 3.05) is 17.7 Å². The standard InChI is InChI=1S/C9H13Cl2N3/c1-9(2,5-10)6-14-8-12-3-7(11)4-13-8/h3-4H,5-6H2,1-2H3,(H,12,13,14). The number of rotatable bonds is 4. The maximum atomic E-state index is 5.78. The Morgan fingerprint density at radius 1 is 1.36 bits per heavy atom. The lowest BCUT2D eigenvalue weighted by Gasteiger charge is -2.21. The highest BCUT2D eigenvalue weighted by Crippen LogP contribution is 2.17. The molecule has 0 aromatic carbocycles. The van der Waals surface area contributed by atoms with Gasteiger partial charge in [-0.2, -0.15) is 0 Å². The summed E-state index contributed by atoms with van der Waals surface area (Å²) in [6.07, 6.45) is 3.12. The van der Waals surface area contributed by atoms with Crippen LogP contribution >= 0.6 is 23.2 Å². The molecule has 0 atom stereocenters. The predicted molar refractivity (Wildman–Crippen MR) is 60.0 cm³/mol. The number of halogens is 2. The highest BCUT2D eigenvalue weighted by atomic mass is 35.5. The Morgan fingerprint density at radius 3 is 2.43 bits per heavy atom. The average Bonchev–Trinajstić information content (AvgIpc) is 2.17. The first kappa shape index (κ1) is 11.5. The van der Waals surface area contributed by atoms with Gasteiger partial charge in [-0.15, -0.1) is 11.6 Å². The number of hydrogen-bond donors (Lipinski definition) is 1. The molecular formula is C9H13Cl2N3. The third-order valence-corrected chi connectivity index (χ3v) is 2.63. The monoisotopic (exact) mass is 233 g/mol.